The summed E-state index contributed by atoms with van der Waals surface area (Å²) < 4.78 is 58.3. The van der Waals surface area contributed by atoms with Crippen molar-refractivity contribution in [1.29, 1.82) is 0 Å². The number of hydrogen-bond acceptors (Lipinski definition) is 7. The molecular weight excluding hydrogens is 415 g/mol. The molecule has 1 aliphatic rings. The molecule has 168 valence electrons. The maximum Gasteiger partial charge on any atom is 0.311 e. The number of aromatic nitrogens is 2. The highest BCUT2D eigenvalue weighted by molar-refractivity contribution is 5.73. The summed E-state index contributed by atoms with van der Waals surface area (Å²) in [6.07, 6.45) is -0.973. The predicted octanol–water partition coefficient (Wildman–Crippen LogP) is 3.97. The van der Waals surface area contributed by atoms with Gasteiger partial charge in [0, 0.05) is 12.5 Å². The van der Waals surface area contributed by atoms with Crippen LogP contribution in [0.5, 0.6) is 0 Å². The Kier molecular flexibility index (Phi) is 6.80. The maximum atomic E-state index is 14.8. The highest BCUT2D eigenvalue weighted by atomic mass is 19.3. The molecule has 1 aromatic heterocycles. The second kappa shape index (κ2) is 9.19. The van der Waals surface area contributed by atoms with Gasteiger partial charge in [0.05, 0.1) is 49.6 Å². The van der Waals surface area contributed by atoms with E-state index in [0.717, 1.165) is 6.07 Å². The van der Waals surface area contributed by atoms with Crippen LogP contribution in [0.1, 0.15) is 54.4 Å². The van der Waals surface area contributed by atoms with Crippen molar-refractivity contribution in [1.82, 2.24) is 9.97 Å². The van der Waals surface area contributed by atoms with E-state index in [1.807, 2.05) is 0 Å². The van der Waals surface area contributed by atoms with Gasteiger partial charge in [-0.3, -0.25) is 4.79 Å². The second-order valence-electron chi connectivity index (χ2n) is 7.27. The third kappa shape index (κ3) is 5.13. The summed E-state index contributed by atoms with van der Waals surface area (Å²) in [7, 11) is 1.26. The van der Waals surface area contributed by atoms with E-state index in [0.29, 0.717) is 37.2 Å². The number of anilines is 1. The van der Waals surface area contributed by atoms with Gasteiger partial charge in [-0.05, 0) is 13.8 Å². The number of nitrogens with one attached hydrogen (secondary N) is 1. The van der Waals surface area contributed by atoms with Gasteiger partial charge >= 0.3 is 5.97 Å². The first-order chi connectivity index (χ1) is 14.6. The number of aryl methyl sites for hydroxylation is 1. The molecule has 1 aromatic carbocycles. The highest BCUT2D eigenvalue weighted by Gasteiger charge is 2.32. The average molecular weight is 439 g/mol. The van der Waals surface area contributed by atoms with Crippen molar-refractivity contribution in [3.8, 4) is 0 Å². The fourth-order valence-electron chi connectivity index (χ4n) is 3.37. The lowest BCUT2D eigenvalue weighted by molar-refractivity contribution is -0.139. The SMILES string of the molecule is COC(=O)Cc1nc(C)nc(N[C@H](C)c2cccc(C(C)(F)F)c2F)c1C1OCCO1. The van der Waals surface area contributed by atoms with E-state index in [1.54, 1.807) is 13.8 Å². The Morgan fingerprint density at radius 2 is 2.00 bits per heavy atom. The molecule has 1 fully saturated rings. The maximum absolute atomic E-state index is 14.8. The second-order valence-corrected chi connectivity index (χ2v) is 7.27. The average Bonchev–Trinajstić information content (AvgIpc) is 3.21. The molecule has 0 bridgehead atoms. The van der Waals surface area contributed by atoms with Crippen LogP contribution in [0.2, 0.25) is 0 Å². The summed E-state index contributed by atoms with van der Waals surface area (Å²) in [5, 5.41) is 3.05. The summed E-state index contributed by atoms with van der Waals surface area (Å²) in [6, 6.07) is 3.12. The first kappa shape index (κ1) is 23.0. The minimum atomic E-state index is -3.32. The molecule has 31 heavy (non-hydrogen) atoms. The number of rotatable bonds is 7. The van der Waals surface area contributed by atoms with Crippen molar-refractivity contribution in [3.63, 3.8) is 0 Å². The van der Waals surface area contributed by atoms with E-state index < -0.39 is 35.6 Å². The summed E-state index contributed by atoms with van der Waals surface area (Å²) in [4.78, 5) is 20.6. The van der Waals surface area contributed by atoms with Gasteiger partial charge in [0.2, 0.25) is 0 Å². The summed E-state index contributed by atoms with van der Waals surface area (Å²) in [5.74, 6) is -4.22. The topological polar surface area (TPSA) is 82.6 Å². The van der Waals surface area contributed by atoms with Crippen molar-refractivity contribution in [2.75, 3.05) is 25.6 Å². The number of methoxy groups -OCH3 is 1. The van der Waals surface area contributed by atoms with E-state index >= 15 is 0 Å². The monoisotopic (exact) mass is 439 g/mol. The minimum absolute atomic E-state index is 0.0454. The van der Waals surface area contributed by atoms with Crippen LogP contribution in [0.3, 0.4) is 0 Å². The van der Waals surface area contributed by atoms with Gasteiger partial charge < -0.3 is 19.5 Å². The summed E-state index contributed by atoms with van der Waals surface area (Å²) >= 11 is 0. The molecule has 0 radical (unpaired) electrons. The Hall–Kier alpha value is -2.72. The molecular formula is C21H24F3N3O4. The minimum Gasteiger partial charge on any atom is -0.469 e. The van der Waals surface area contributed by atoms with Crippen LogP contribution in [0.15, 0.2) is 18.2 Å². The molecule has 1 saturated heterocycles. The lowest BCUT2D eigenvalue weighted by Crippen LogP contribution is -2.20. The number of benzene rings is 1. The molecule has 0 unspecified atom stereocenters. The fraction of sp³-hybridized carbons (Fsp3) is 0.476. The largest absolute Gasteiger partial charge is 0.469 e. The molecule has 2 aromatic rings. The molecule has 2 heterocycles. The number of hydrogen-bond donors (Lipinski definition) is 1. The van der Waals surface area contributed by atoms with Gasteiger partial charge in [0.1, 0.15) is 17.5 Å². The van der Waals surface area contributed by atoms with Crippen LogP contribution in [-0.4, -0.2) is 36.3 Å². The highest BCUT2D eigenvalue weighted by Crippen LogP contribution is 2.36. The molecule has 1 aliphatic heterocycles. The van der Waals surface area contributed by atoms with Gasteiger partial charge in [-0.25, -0.2) is 23.1 Å². The summed E-state index contributed by atoms with van der Waals surface area (Å²) in [6.45, 7) is 4.58. The first-order valence-corrected chi connectivity index (χ1v) is 9.72. The number of carbonyl (C=O) groups excluding carboxylic acids is 1. The van der Waals surface area contributed by atoms with E-state index in [-0.39, 0.29) is 17.8 Å². The fourth-order valence-corrected chi connectivity index (χ4v) is 3.37. The van der Waals surface area contributed by atoms with Crippen molar-refractivity contribution in [3.05, 3.63) is 52.2 Å². The van der Waals surface area contributed by atoms with E-state index in [1.165, 1.54) is 19.2 Å². The van der Waals surface area contributed by atoms with Crippen LogP contribution in [0.4, 0.5) is 19.0 Å². The molecule has 1 N–H and O–H groups in total. The number of nitrogens with zero attached hydrogens (tertiary/aromatic N) is 2. The molecule has 10 heteroatoms. The summed E-state index contributed by atoms with van der Waals surface area (Å²) in [5.41, 5.74) is 0.0867. The number of ether oxygens (including phenoxy) is 3. The van der Waals surface area contributed by atoms with Crippen molar-refractivity contribution < 1.29 is 32.2 Å². The smallest absolute Gasteiger partial charge is 0.311 e. The molecule has 7 nitrogen and oxygen atoms in total. The van der Waals surface area contributed by atoms with Crippen LogP contribution in [0.25, 0.3) is 0 Å². The van der Waals surface area contributed by atoms with Gasteiger partial charge in [-0.2, -0.15) is 0 Å². The Labute approximate surface area is 177 Å². The predicted molar refractivity (Wildman–Crippen MR) is 105 cm³/mol. The first-order valence-electron chi connectivity index (χ1n) is 9.72. The number of esters is 1. The van der Waals surface area contributed by atoms with Crippen molar-refractivity contribution in [2.45, 2.75) is 45.4 Å². The van der Waals surface area contributed by atoms with E-state index in [9.17, 15) is 18.0 Å². The van der Waals surface area contributed by atoms with Gasteiger partial charge in [0.15, 0.2) is 6.29 Å². The van der Waals surface area contributed by atoms with E-state index in [2.05, 4.69) is 15.3 Å². The lowest BCUT2D eigenvalue weighted by atomic mass is 10.0. The third-order valence-corrected chi connectivity index (χ3v) is 4.85. The van der Waals surface area contributed by atoms with E-state index in [4.69, 9.17) is 14.2 Å². The third-order valence-electron chi connectivity index (χ3n) is 4.85. The molecule has 1 atom stereocenters. The molecule has 3 rings (SSSR count). The molecule has 0 aliphatic carbocycles. The lowest BCUT2D eigenvalue weighted by Gasteiger charge is -2.23. The van der Waals surface area contributed by atoms with Crippen LogP contribution in [-0.2, 0) is 31.3 Å². The van der Waals surface area contributed by atoms with Crippen LogP contribution in [0, 0.1) is 12.7 Å². The van der Waals surface area contributed by atoms with Crippen LogP contribution < -0.4 is 5.32 Å². The van der Waals surface area contributed by atoms with Gasteiger partial charge in [0.25, 0.3) is 5.92 Å². The normalized spacial score (nSPS) is 15.7. The molecule has 0 saturated carbocycles. The Morgan fingerprint density at radius 3 is 2.61 bits per heavy atom. The zero-order chi connectivity index (χ0) is 22.8. The van der Waals surface area contributed by atoms with Gasteiger partial charge in [-0.1, -0.05) is 18.2 Å². The quantitative estimate of drug-likeness (QED) is 0.654. The number of alkyl halides is 2. The van der Waals surface area contributed by atoms with Gasteiger partial charge in [-0.15, -0.1) is 0 Å². The molecule has 0 spiro atoms. The molecule has 0 amide bonds. The standard InChI is InChI=1S/C21H24F3N3O4/c1-11(13-6-5-7-14(18(13)22)21(3,23)24)25-19-17(20-30-8-9-31-20)15(10-16(28)29-4)26-12(2)27-19/h5-7,11,20H,8-10H2,1-4H3,(H,25,26,27)/t11-/m1/s1. The van der Waals surface area contributed by atoms with Crippen molar-refractivity contribution >= 4 is 11.8 Å². The zero-order valence-corrected chi connectivity index (χ0v) is 17.7. The Bertz CT molecular complexity index is 960. The zero-order valence-electron chi connectivity index (χ0n) is 17.7. The van der Waals surface area contributed by atoms with Crippen LogP contribution >= 0.6 is 0 Å². The van der Waals surface area contributed by atoms with Crippen molar-refractivity contribution in [2.24, 2.45) is 0 Å². The Balaban J connectivity index is 2.02. The number of carbonyl (C=O) groups is 1. The number of halogens is 3. The Morgan fingerprint density at radius 1 is 1.32 bits per heavy atom.